The predicted molar refractivity (Wildman–Crippen MR) is 175 cm³/mol. The van der Waals surface area contributed by atoms with Gasteiger partial charge in [-0.15, -0.1) is 5.06 Å². The molecule has 1 aliphatic heterocycles. The molecule has 0 aromatic rings. The van der Waals surface area contributed by atoms with Crippen LogP contribution in [0.4, 0.5) is 0 Å². The molecule has 1 rings (SSSR count). The van der Waals surface area contributed by atoms with Gasteiger partial charge in [-0.1, -0.05) is 48.6 Å². The molecule has 2 unspecified atom stereocenters. The summed E-state index contributed by atoms with van der Waals surface area (Å²) in [6.45, 7) is 14.9. The van der Waals surface area contributed by atoms with Gasteiger partial charge in [0.05, 0.1) is 58.1 Å². The Bertz CT molecular complexity index is 1070. The summed E-state index contributed by atoms with van der Waals surface area (Å²) in [7, 11) is 0. The third kappa shape index (κ3) is 20.1. The maximum atomic E-state index is 12.2. The van der Waals surface area contributed by atoms with E-state index < -0.39 is 47.2 Å². The van der Waals surface area contributed by atoms with Crippen LogP contribution >= 0.6 is 0 Å². The lowest BCUT2D eigenvalue weighted by Gasteiger charge is -2.33. The number of esters is 3. The molecule has 1 fully saturated rings. The quantitative estimate of drug-likeness (QED) is 0.0340. The van der Waals surface area contributed by atoms with Gasteiger partial charge in [0, 0.05) is 44.1 Å². The van der Waals surface area contributed by atoms with E-state index in [9.17, 15) is 28.8 Å². The van der Waals surface area contributed by atoms with Crippen molar-refractivity contribution < 1.29 is 66.8 Å². The lowest BCUT2D eigenvalue weighted by Crippen LogP contribution is -2.43. The van der Waals surface area contributed by atoms with Crippen molar-refractivity contribution in [3.63, 3.8) is 0 Å². The molecule has 48 heavy (non-hydrogen) atoms. The van der Waals surface area contributed by atoms with Crippen LogP contribution in [0.5, 0.6) is 0 Å². The van der Waals surface area contributed by atoms with Gasteiger partial charge in [0.15, 0.2) is 0 Å². The summed E-state index contributed by atoms with van der Waals surface area (Å²) >= 11 is 0. The second-order valence-corrected chi connectivity index (χ2v) is 9.75. The normalized spacial score (nSPS) is 13.6. The average Bonchev–Trinajstić information content (AvgIpc) is 3.32. The minimum absolute atomic E-state index is 0. The first-order valence-corrected chi connectivity index (χ1v) is 14.0. The fourth-order valence-corrected chi connectivity index (χ4v) is 3.50. The van der Waals surface area contributed by atoms with Crippen molar-refractivity contribution in [3.05, 3.63) is 50.3 Å². The van der Waals surface area contributed by atoms with Crippen molar-refractivity contribution in [2.24, 2.45) is 5.41 Å². The molecule has 15 nitrogen and oxygen atoms in total. The molecule has 0 radical (unpaired) electrons. The van der Waals surface area contributed by atoms with Crippen molar-refractivity contribution >= 4 is 35.7 Å². The van der Waals surface area contributed by atoms with Crippen LogP contribution in [0, 0.1) is 5.41 Å². The zero-order valence-electron chi connectivity index (χ0n) is 25.5. The predicted octanol–water partition coefficient (Wildman–Crippen LogP) is 3.42. The average molecular weight is 688 g/mol. The number of hydrogen-bond donors (Lipinski definition) is 0. The fourth-order valence-electron chi connectivity index (χ4n) is 3.50. The zero-order chi connectivity index (χ0) is 33.7. The van der Waals surface area contributed by atoms with E-state index in [-0.39, 0.29) is 107 Å². The number of hydroxylamine groups is 2. The van der Waals surface area contributed by atoms with Gasteiger partial charge < -0.3 is 38.0 Å². The number of imide groups is 1. The smallest absolute Gasteiger partial charge is 0.335 e. The topological polar surface area (TPSA) is 179 Å². The number of ether oxygens (including phenoxy) is 7. The first-order valence-electron chi connectivity index (χ1n) is 14.0. The van der Waals surface area contributed by atoms with Crippen LogP contribution in [-0.2, 0) is 66.8 Å². The molecule has 1 saturated heterocycles. The number of carbonyl (C=O) groups is 6. The van der Waals surface area contributed by atoms with Crippen LogP contribution in [0.15, 0.2) is 50.3 Å². The second-order valence-electron chi connectivity index (χ2n) is 9.75. The zero-order valence-corrected chi connectivity index (χ0v) is 25.5. The molecular weight excluding hydrogens is 634 g/mol. The summed E-state index contributed by atoms with van der Waals surface area (Å²) in [5.41, 5.74) is -1.03. The van der Waals surface area contributed by atoms with Gasteiger partial charge in [-0.25, -0.2) is 19.2 Å². The molecule has 1 heterocycles. The van der Waals surface area contributed by atoms with Gasteiger partial charge in [-0.05, 0) is 6.92 Å². The number of amides is 2. The highest BCUT2D eigenvalue weighted by Crippen LogP contribution is 2.22. The lowest BCUT2D eigenvalue weighted by molar-refractivity contribution is -0.198. The van der Waals surface area contributed by atoms with Crippen LogP contribution in [-0.4, -0.2) is 106 Å². The Balaban J connectivity index is -0.00000675. The van der Waals surface area contributed by atoms with Crippen molar-refractivity contribution in [2.75, 3.05) is 59.5 Å². The van der Waals surface area contributed by atoms with Crippen LogP contribution in [0.3, 0.4) is 0 Å². The lowest BCUT2D eigenvalue weighted by atomic mass is 9.92. The fraction of sp³-hybridized carbons (Fsp3) is 0.576. The molecule has 2 atom stereocenters. The van der Waals surface area contributed by atoms with Crippen LogP contribution in [0.1, 0.15) is 54.9 Å². The van der Waals surface area contributed by atoms with E-state index in [1.165, 1.54) is 0 Å². The van der Waals surface area contributed by atoms with E-state index in [4.69, 9.17) is 38.0 Å². The van der Waals surface area contributed by atoms with Crippen LogP contribution in [0.2, 0.25) is 0 Å². The van der Waals surface area contributed by atoms with Gasteiger partial charge in [-0.2, -0.15) is 0 Å². The maximum Gasteiger partial charge on any atom is 0.335 e. The monoisotopic (exact) mass is 687 g/mol. The Morgan fingerprint density at radius 2 is 1.33 bits per heavy atom. The summed E-state index contributed by atoms with van der Waals surface area (Å²) in [6.07, 6.45) is 2.42. The summed E-state index contributed by atoms with van der Waals surface area (Å²) < 4.78 is 38.2. The molecule has 0 aromatic carbocycles. The minimum atomic E-state index is -1.03. The first-order chi connectivity index (χ1) is 21.4. The number of rotatable bonds is 25. The number of hydrogen-bond acceptors (Lipinski definition) is 14. The number of nitrogens with zero attached hydrogens (tertiary/aromatic N) is 1. The highest BCUT2D eigenvalue weighted by molar-refractivity contribution is 6.01. The van der Waals surface area contributed by atoms with E-state index in [0.29, 0.717) is 11.5 Å². The Labute approximate surface area is 283 Å². The Hall–Kier alpha value is -4.18. The largest absolute Gasteiger partial charge is 0.462 e. The minimum Gasteiger partial charge on any atom is -0.462 e. The van der Waals surface area contributed by atoms with E-state index >= 15 is 0 Å². The van der Waals surface area contributed by atoms with Gasteiger partial charge in [0.25, 0.3) is 11.8 Å². The highest BCUT2D eigenvalue weighted by Gasteiger charge is 2.34. The first kappa shape index (κ1) is 48.2. The molecule has 2 amide bonds. The van der Waals surface area contributed by atoms with Crippen LogP contribution in [0.25, 0.3) is 0 Å². The van der Waals surface area contributed by atoms with Gasteiger partial charge in [0.2, 0.25) is 0 Å². The van der Waals surface area contributed by atoms with E-state index in [1.807, 2.05) is 0 Å². The standard InChI is InChI=1S/C30H41NO14.3CH4/c1-6-26(34)42-14-9-13-38-18-30(20-40-16-22(4)43-27(35)7-2,21-41-17-23(5)44-28(36)8-3)19-39-15-12-29(37)45-31-24(32)10-11-25(31)33;;;/h6-8,23H,1-4,9-21H2,5H3;3*1H4. The Morgan fingerprint density at radius 1 is 0.792 bits per heavy atom. The third-order valence-electron chi connectivity index (χ3n) is 5.64. The molecule has 0 aromatic heterocycles. The van der Waals surface area contributed by atoms with Crippen LogP contribution < -0.4 is 0 Å². The summed E-state index contributed by atoms with van der Waals surface area (Å²) in [5, 5.41) is 0.445. The maximum absolute atomic E-state index is 12.2. The van der Waals surface area contributed by atoms with E-state index in [2.05, 4.69) is 26.3 Å². The Kier molecular flexibility index (Phi) is 27.0. The molecule has 1 aliphatic rings. The van der Waals surface area contributed by atoms with Crippen molar-refractivity contribution in [1.29, 1.82) is 0 Å². The summed E-state index contributed by atoms with van der Waals surface area (Å²) in [4.78, 5) is 74.7. The molecule has 274 valence electrons. The molecular formula is C33H53NO14. The van der Waals surface area contributed by atoms with Crippen molar-refractivity contribution in [1.82, 2.24) is 5.06 Å². The SMILES string of the molecule is C.C.C.C=CC(=O)OCCCOCC(COCCC(=O)ON1C(=O)CCC1=O)(COCC(=C)OC(=O)C=C)COCC(C)OC(=O)C=C. The van der Waals surface area contributed by atoms with Gasteiger partial charge >= 0.3 is 23.9 Å². The number of carbonyl (C=O) groups excluding carboxylic acids is 6. The molecule has 0 aliphatic carbocycles. The molecule has 0 saturated carbocycles. The van der Waals surface area contributed by atoms with E-state index in [1.54, 1.807) is 6.92 Å². The highest BCUT2D eigenvalue weighted by atomic mass is 16.7. The summed E-state index contributed by atoms with van der Waals surface area (Å²) in [5.74, 6) is -3.95. The Morgan fingerprint density at radius 3 is 1.92 bits per heavy atom. The summed E-state index contributed by atoms with van der Waals surface area (Å²) in [6, 6.07) is 0. The van der Waals surface area contributed by atoms with Crippen molar-refractivity contribution in [2.45, 2.75) is 61.0 Å². The van der Waals surface area contributed by atoms with Crippen molar-refractivity contribution in [3.8, 4) is 0 Å². The molecule has 15 heteroatoms. The molecule has 0 spiro atoms. The van der Waals surface area contributed by atoms with Gasteiger partial charge in [-0.3, -0.25) is 9.59 Å². The second kappa shape index (κ2) is 26.8. The third-order valence-corrected chi connectivity index (χ3v) is 5.64. The van der Waals surface area contributed by atoms with E-state index in [0.717, 1.165) is 18.2 Å². The van der Waals surface area contributed by atoms with Gasteiger partial charge in [0.1, 0.15) is 18.5 Å². The molecule has 0 bridgehead atoms. The molecule has 0 N–H and O–H groups in total.